The molecular weight excluding hydrogens is 297 g/mol. The highest BCUT2D eigenvalue weighted by Crippen LogP contribution is 2.25. The molecule has 122 valence electrons. The van der Waals surface area contributed by atoms with Crippen LogP contribution in [0.5, 0.6) is 0 Å². The van der Waals surface area contributed by atoms with Crippen molar-refractivity contribution in [1.29, 1.82) is 0 Å². The Hall–Kier alpha value is -2.14. The van der Waals surface area contributed by atoms with E-state index in [1.807, 2.05) is 0 Å². The number of aliphatic hydroxyl groups is 1. The lowest BCUT2D eigenvalue weighted by atomic mass is 9.92. The van der Waals surface area contributed by atoms with Crippen LogP contribution in [-0.4, -0.2) is 35.1 Å². The van der Waals surface area contributed by atoms with Crippen molar-refractivity contribution in [2.24, 2.45) is 5.92 Å². The largest absolute Gasteiger partial charge is 0.451 e. The molecule has 0 spiro atoms. The molecule has 5 heteroatoms. The van der Waals surface area contributed by atoms with Gasteiger partial charge in [-0.3, -0.25) is 4.79 Å². The van der Waals surface area contributed by atoms with Crippen molar-refractivity contribution < 1.29 is 18.7 Å². The quantitative estimate of drug-likeness (QED) is 0.945. The fraction of sp³-hybridized carbons (Fsp3) is 0.389. The minimum Gasteiger partial charge on any atom is -0.451 e. The summed E-state index contributed by atoms with van der Waals surface area (Å²) < 4.78 is 18.6. The summed E-state index contributed by atoms with van der Waals surface area (Å²) in [4.78, 5) is 14.2. The standard InChI is InChI=1S/C18H20FNO3/c1-12(21)13-8-10-20(11-9-13)18(22)17-7-6-16(23-17)14-2-4-15(19)5-3-14/h2-7,12-13,21H,8-11H2,1H3. The molecule has 1 N–H and O–H groups in total. The number of nitrogens with zero attached hydrogens (tertiary/aromatic N) is 1. The van der Waals surface area contributed by atoms with Crippen LogP contribution in [0.3, 0.4) is 0 Å². The van der Waals surface area contributed by atoms with Crippen molar-refractivity contribution in [2.45, 2.75) is 25.9 Å². The summed E-state index contributed by atoms with van der Waals surface area (Å²) in [5.74, 6) is 0.650. The minimum atomic E-state index is -0.332. The first-order chi connectivity index (χ1) is 11.0. The number of piperidine rings is 1. The Balaban J connectivity index is 1.68. The minimum absolute atomic E-state index is 0.137. The number of aliphatic hydroxyl groups excluding tert-OH is 1. The zero-order valence-electron chi connectivity index (χ0n) is 13.0. The molecular formula is C18H20FNO3. The molecule has 0 aliphatic carbocycles. The number of halogens is 1. The van der Waals surface area contributed by atoms with Gasteiger partial charge in [0.2, 0.25) is 0 Å². The summed E-state index contributed by atoms with van der Waals surface area (Å²) in [5, 5.41) is 9.62. The fourth-order valence-corrected chi connectivity index (χ4v) is 2.96. The molecule has 1 aromatic carbocycles. The number of benzene rings is 1. The Labute approximate surface area is 134 Å². The lowest BCUT2D eigenvalue weighted by Gasteiger charge is -2.32. The third-order valence-corrected chi connectivity index (χ3v) is 4.45. The van der Waals surface area contributed by atoms with Gasteiger partial charge in [-0.2, -0.15) is 0 Å². The van der Waals surface area contributed by atoms with Gasteiger partial charge in [0.05, 0.1) is 6.10 Å². The molecule has 1 unspecified atom stereocenters. The van der Waals surface area contributed by atoms with Gasteiger partial charge in [0, 0.05) is 18.7 Å². The van der Waals surface area contributed by atoms with Crippen molar-refractivity contribution in [2.75, 3.05) is 13.1 Å². The van der Waals surface area contributed by atoms with Crippen molar-refractivity contribution in [3.63, 3.8) is 0 Å². The molecule has 1 fully saturated rings. The van der Waals surface area contributed by atoms with E-state index in [-0.39, 0.29) is 23.7 Å². The second kappa shape index (κ2) is 6.54. The molecule has 1 saturated heterocycles. The molecule has 0 bridgehead atoms. The molecule has 0 saturated carbocycles. The van der Waals surface area contributed by atoms with E-state index in [0.717, 1.165) is 18.4 Å². The Morgan fingerprint density at radius 3 is 2.48 bits per heavy atom. The molecule has 23 heavy (non-hydrogen) atoms. The molecule has 2 aromatic rings. The first-order valence-electron chi connectivity index (χ1n) is 7.87. The number of carbonyl (C=O) groups excluding carboxylic acids is 1. The van der Waals surface area contributed by atoms with Crippen LogP contribution in [0.2, 0.25) is 0 Å². The number of amides is 1. The van der Waals surface area contributed by atoms with Crippen molar-refractivity contribution in [3.8, 4) is 11.3 Å². The number of furan rings is 1. The van der Waals surface area contributed by atoms with Gasteiger partial charge in [0.25, 0.3) is 5.91 Å². The molecule has 3 rings (SSSR count). The van der Waals surface area contributed by atoms with Gasteiger partial charge in [-0.25, -0.2) is 4.39 Å². The molecule has 1 aromatic heterocycles. The molecule has 1 aliphatic heterocycles. The molecule has 1 aliphatic rings. The third kappa shape index (κ3) is 3.45. The number of hydrogen-bond acceptors (Lipinski definition) is 3. The Kier molecular flexibility index (Phi) is 4.48. The number of hydrogen-bond donors (Lipinski definition) is 1. The van der Waals surface area contributed by atoms with Gasteiger partial charge >= 0.3 is 0 Å². The van der Waals surface area contributed by atoms with E-state index in [9.17, 15) is 14.3 Å². The van der Waals surface area contributed by atoms with E-state index in [1.165, 1.54) is 12.1 Å². The van der Waals surface area contributed by atoms with E-state index in [0.29, 0.717) is 24.6 Å². The Bertz CT molecular complexity index is 670. The molecule has 0 radical (unpaired) electrons. The molecule has 2 heterocycles. The van der Waals surface area contributed by atoms with Crippen LogP contribution in [0.4, 0.5) is 4.39 Å². The fourth-order valence-electron chi connectivity index (χ4n) is 2.96. The SMILES string of the molecule is CC(O)C1CCN(C(=O)c2ccc(-c3ccc(F)cc3)o2)CC1. The van der Waals surface area contributed by atoms with Gasteiger partial charge in [0.1, 0.15) is 11.6 Å². The van der Waals surface area contributed by atoms with Gasteiger partial charge < -0.3 is 14.4 Å². The van der Waals surface area contributed by atoms with E-state index in [4.69, 9.17) is 4.42 Å². The van der Waals surface area contributed by atoms with Crippen LogP contribution in [0.1, 0.15) is 30.3 Å². The predicted molar refractivity (Wildman–Crippen MR) is 84.4 cm³/mol. The second-order valence-electron chi connectivity index (χ2n) is 6.04. The van der Waals surface area contributed by atoms with Crippen LogP contribution < -0.4 is 0 Å². The number of likely N-dealkylation sites (tertiary alicyclic amines) is 1. The average molecular weight is 317 g/mol. The van der Waals surface area contributed by atoms with Gasteiger partial charge in [-0.05, 0) is 62.1 Å². The highest BCUT2D eigenvalue weighted by molar-refractivity contribution is 5.92. The maximum absolute atomic E-state index is 13.0. The van der Waals surface area contributed by atoms with E-state index in [1.54, 1.807) is 36.1 Å². The van der Waals surface area contributed by atoms with Gasteiger partial charge in [0.15, 0.2) is 5.76 Å². The summed E-state index contributed by atoms with van der Waals surface area (Å²) in [7, 11) is 0. The van der Waals surface area contributed by atoms with E-state index in [2.05, 4.69) is 0 Å². The normalized spacial score (nSPS) is 17.3. The Morgan fingerprint density at radius 2 is 1.87 bits per heavy atom. The van der Waals surface area contributed by atoms with Crippen LogP contribution >= 0.6 is 0 Å². The van der Waals surface area contributed by atoms with Crippen molar-refractivity contribution in [1.82, 2.24) is 4.90 Å². The number of rotatable bonds is 3. The van der Waals surface area contributed by atoms with Crippen LogP contribution in [0.15, 0.2) is 40.8 Å². The highest BCUT2D eigenvalue weighted by Gasteiger charge is 2.27. The van der Waals surface area contributed by atoms with Crippen molar-refractivity contribution >= 4 is 5.91 Å². The molecule has 1 atom stereocenters. The highest BCUT2D eigenvalue weighted by atomic mass is 19.1. The smallest absolute Gasteiger partial charge is 0.289 e. The first-order valence-corrected chi connectivity index (χ1v) is 7.87. The number of carbonyl (C=O) groups is 1. The van der Waals surface area contributed by atoms with Crippen molar-refractivity contribution in [3.05, 3.63) is 48.0 Å². The maximum Gasteiger partial charge on any atom is 0.289 e. The molecule has 4 nitrogen and oxygen atoms in total. The zero-order valence-corrected chi connectivity index (χ0v) is 13.0. The zero-order chi connectivity index (χ0) is 16.4. The van der Waals surface area contributed by atoms with Gasteiger partial charge in [-0.1, -0.05) is 0 Å². The summed E-state index contributed by atoms with van der Waals surface area (Å²) in [6.07, 6.45) is 1.27. The second-order valence-corrected chi connectivity index (χ2v) is 6.04. The summed E-state index contributed by atoms with van der Waals surface area (Å²) in [6.45, 7) is 3.05. The summed E-state index contributed by atoms with van der Waals surface area (Å²) in [6, 6.07) is 9.35. The monoisotopic (exact) mass is 317 g/mol. The van der Waals surface area contributed by atoms with Gasteiger partial charge in [-0.15, -0.1) is 0 Å². The third-order valence-electron chi connectivity index (χ3n) is 4.45. The predicted octanol–water partition coefficient (Wildman–Crippen LogP) is 3.32. The summed E-state index contributed by atoms with van der Waals surface area (Å²) in [5.41, 5.74) is 0.735. The van der Waals surface area contributed by atoms with E-state index < -0.39 is 0 Å². The topological polar surface area (TPSA) is 53.7 Å². The Morgan fingerprint density at radius 1 is 1.22 bits per heavy atom. The van der Waals surface area contributed by atoms with Crippen LogP contribution in [0, 0.1) is 11.7 Å². The van der Waals surface area contributed by atoms with Crippen LogP contribution in [-0.2, 0) is 0 Å². The summed E-state index contributed by atoms with van der Waals surface area (Å²) >= 11 is 0. The van der Waals surface area contributed by atoms with E-state index >= 15 is 0 Å². The first kappa shape index (κ1) is 15.7. The van der Waals surface area contributed by atoms with Crippen LogP contribution in [0.25, 0.3) is 11.3 Å². The molecule has 1 amide bonds. The average Bonchev–Trinajstić information content (AvgIpc) is 3.05. The lowest BCUT2D eigenvalue weighted by Crippen LogP contribution is -2.40. The lowest BCUT2D eigenvalue weighted by molar-refractivity contribution is 0.0499. The maximum atomic E-state index is 13.0.